The maximum atomic E-state index is 11.8. The molecular formula is C9H14N4O. The molecule has 0 saturated carbocycles. The molecule has 5 nitrogen and oxygen atoms in total. The second kappa shape index (κ2) is 3.08. The molecule has 0 aromatic carbocycles. The lowest BCUT2D eigenvalue weighted by atomic mass is 10.3. The van der Waals surface area contributed by atoms with Crippen LogP contribution in [0.4, 0.5) is 0 Å². The normalized spacial score (nSPS) is 22.1. The van der Waals surface area contributed by atoms with Gasteiger partial charge in [-0.05, 0) is 13.8 Å². The van der Waals surface area contributed by atoms with Crippen LogP contribution in [0.2, 0.25) is 0 Å². The fourth-order valence-electron chi connectivity index (χ4n) is 1.89. The van der Waals surface area contributed by atoms with E-state index >= 15 is 0 Å². The molecule has 1 aromatic rings. The van der Waals surface area contributed by atoms with Crippen LogP contribution in [0, 0.1) is 6.92 Å². The summed E-state index contributed by atoms with van der Waals surface area (Å²) < 4.78 is 1.92. The van der Waals surface area contributed by atoms with Crippen LogP contribution >= 0.6 is 0 Å². The van der Waals surface area contributed by atoms with Gasteiger partial charge in [-0.1, -0.05) is 0 Å². The molecular weight excluding hydrogens is 180 g/mol. The Morgan fingerprint density at radius 1 is 1.43 bits per heavy atom. The summed E-state index contributed by atoms with van der Waals surface area (Å²) in [7, 11) is 1.83. The summed E-state index contributed by atoms with van der Waals surface area (Å²) in [6.07, 6.45) is 0.785. The Hall–Kier alpha value is -1.39. The molecule has 0 radical (unpaired) electrons. The van der Waals surface area contributed by atoms with Gasteiger partial charge in [-0.2, -0.15) is 0 Å². The molecule has 1 aromatic heterocycles. The molecule has 0 fully saturated rings. The molecule has 0 aliphatic carbocycles. The number of hydrogen-bond acceptors (Lipinski definition) is 3. The number of aromatic nitrogens is 3. The zero-order valence-electron chi connectivity index (χ0n) is 8.69. The molecule has 14 heavy (non-hydrogen) atoms. The van der Waals surface area contributed by atoms with Gasteiger partial charge in [0.2, 0.25) is 5.91 Å². The van der Waals surface area contributed by atoms with Gasteiger partial charge in [-0.25, -0.2) is 0 Å². The molecule has 1 aliphatic heterocycles. The second-order valence-corrected chi connectivity index (χ2v) is 3.72. The Balaban J connectivity index is 2.47. The molecule has 5 heteroatoms. The first kappa shape index (κ1) is 9.18. The van der Waals surface area contributed by atoms with E-state index in [-0.39, 0.29) is 11.9 Å². The van der Waals surface area contributed by atoms with E-state index in [0.717, 1.165) is 24.6 Å². The number of aryl methyl sites for hydroxylation is 1. The minimum atomic E-state index is -0.174. The predicted molar refractivity (Wildman–Crippen MR) is 50.8 cm³/mol. The van der Waals surface area contributed by atoms with Gasteiger partial charge < -0.3 is 9.47 Å². The highest BCUT2D eigenvalue weighted by Crippen LogP contribution is 2.18. The number of hydrogen-bond donors (Lipinski definition) is 0. The van der Waals surface area contributed by atoms with Crippen LogP contribution in [-0.4, -0.2) is 39.2 Å². The van der Waals surface area contributed by atoms with E-state index in [1.54, 1.807) is 4.90 Å². The largest absolute Gasteiger partial charge is 0.344 e. The van der Waals surface area contributed by atoms with Crippen molar-refractivity contribution in [3.05, 3.63) is 11.6 Å². The standard InChI is InChI=1S/C9H14N4O/c1-6-9(14)12(3)5-4-8-11-10-7(2)13(6)8/h6H,4-5H2,1-3H3. The lowest BCUT2D eigenvalue weighted by molar-refractivity contribution is -0.132. The first-order chi connectivity index (χ1) is 6.61. The Kier molecular flexibility index (Phi) is 2.02. The highest BCUT2D eigenvalue weighted by molar-refractivity contribution is 5.80. The van der Waals surface area contributed by atoms with E-state index in [9.17, 15) is 4.79 Å². The molecule has 0 spiro atoms. The molecule has 2 rings (SSSR count). The van der Waals surface area contributed by atoms with Crippen LogP contribution in [-0.2, 0) is 11.2 Å². The van der Waals surface area contributed by atoms with Gasteiger partial charge in [0.25, 0.3) is 0 Å². The summed E-state index contributed by atoms with van der Waals surface area (Å²) >= 11 is 0. The Morgan fingerprint density at radius 3 is 2.86 bits per heavy atom. The van der Waals surface area contributed by atoms with Crippen molar-refractivity contribution in [2.24, 2.45) is 0 Å². The summed E-state index contributed by atoms with van der Waals surface area (Å²) in [5.41, 5.74) is 0. The van der Waals surface area contributed by atoms with E-state index < -0.39 is 0 Å². The molecule has 1 amide bonds. The van der Waals surface area contributed by atoms with Crippen molar-refractivity contribution in [1.82, 2.24) is 19.7 Å². The molecule has 1 unspecified atom stereocenters. The van der Waals surface area contributed by atoms with Gasteiger partial charge >= 0.3 is 0 Å². The van der Waals surface area contributed by atoms with Crippen LogP contribution in [0.5, 0.6) is 0 Å². The predicted octanol–water partition coefficient (Wildman–Crippen LogP) is 0.162. The maximum Gasteiger partial charge on any atom is 0.245 e. The van der Waals surface area contributed by atoms with Crippen LogP contribution in [0.3, 0.4) is 0 Å². The summed E-state index contributed by atoms with van der Waals surface area (Å²) in [4.78, 5) is 13.6. The summed E-state index contributed by atoms with van der Waals surface area (Å²) in [6, 6.07) is -0.174. The number of carbonyl (C=O) groups excluding carboxylic acids is 1. The molecule has 0 N–H and O–H groups in total. The van der Waals surface area contributed by atoms with Crippen molar-refractivity contribution in [2.75, 3.05) is 13.6 Å². The summed E-state index contributed by atoms with van der Waals surface area (Å²) in [5, 5.41) is 8.06. The van der Waals surface area contributed by atoms with Crippen molar-refractivity contribution in [3.8, 4) is 0 Å². The molecule has 0 bridgehead atoms. The SMILES string of the molecule is Cc1nnc2n1C(C)C(=O)N(C)CC2. The van der Waals surface area contributed by atoms with Crippen molar-refractivity contribution >= 4 is 5.91 Å². The third-order valence-corrected chi connectivity index (χ3v) is 2.73. The monoisotopic (exact) mass is 194 g/mol. The highest BCUT2D eigenvalue weighted by Gasteiger charge is 2.27. The topological polar surface area (TPSA) is 51.0 Å². The fraction of sp³-hybridized carbons (Fsp3) is 0.667. The van der Waals surface area contributed by atoms with E-state index in [4.69, 9.17) is 0 Å². The van der Waals surface area contributed by atoms with Gasteiger partial charge in [0.15, 0.2) is 0 Å². The molecule has 1 aliphatic rings. The van der Waals surface area contributed by atoms with Gasteiger partial charge in [-0.3, -0.25) is 4.79 Å². The van der Waals surface area contributed by atoms with Crippen LogP contribution in [0.25, 0.3) is 0 Å². The lowest BCUT2D eigenvalue weighted by Gasteiger charge is -2.18. The molecule has 76 valence electrons. The van der Waals surface area contributed by atoms with E-state index in [0.29, 0.717) is 0 Å². The highest BCUT2D eigenvalue weighted by atomic mass is 16.2. The number of carbonyl (C=O) groups is 1. The van der Waals surface area contributed by atoms with Gasteiger partial charge in [0, 0.05) is 20.0 Å². The number of fused-ring (bicyclic) bond motifs is 1. The van der Waals surface area contributed by atoms with Crippen LogP contribution in [0.1, 0.15) is 24.6 Å². The first-order valence-electron chi connectivity index (χ1n) is 4.76. The minimum absolute atomic E-state index is 0.131. The minimum Gasteiger partial charge on any atom is -0.344 e. The van der Waals surface area contributed by atoms with Crippen molar-refractivity contribution in [1.29, 1.82) is 0 Å². The van der Waals surface area contributed by atoms with E-state index in [1.807, 2.05) is 25.5 Å². The van der Waals surface area contributed by atoms with E-state index in [2.05, 4.69) is 10.2 Å². The van der Waals surface area contributed by atoms with Crippen molar-refractivity contribution in [2.45, 2.75) is 26.3 Å². The maximum absolute atomic E-state index is 11.8. The van der Waals surface area contributed by atoms with Gasteiger partial charge in [0.05, 0.1) is 0 Å². The Labute approximate surface area is 82.7 Å². The average molecular weight is 194 g/mol. The van der Waals surface area contributed by atoms with Crippen molar-refractivity contribution < 1.29 is 4.79 Å². The zero-order valence-corrected chi connectivity index (χ0v) is 8.69. The quantitative estimate of drug-likeness (QED) is 0.591. The third kappa shape index (κ3) is 1.20. The second-order valence-electron chi connectivity index (χ2n) is 3.72. The third-order valence-electron chi connectivity index (χ3n) is 2.73. The lowest BCUT2D eigenvalue weighted by Crippen LogP contribution is -2.31. The Bertz CT molecular complexity index is 371. The van der Waals surface area contributed by atoms with Crippen LogP contribution in [0.15, 0.2) is 0 Å². The summed E-state index contributed by atoms with van der Waals surface area (Å²) in [6.45, 7) is 4.50. The zero-order chi connectivity index (χ0) is 10.3. The Morgan fingerprint density at radius 2 is 2.14 bits per heavy atom. The smallest absolute Gasteiger partial charge is 0.245 e. The van der Waals surface area contributed by atoms with Gasteiger partial charge in [0.1, 0.15) is 17.7 Å². The first-order valence-corrected chi connectivity index (χ1v) is 4.76. The summed E-state index contributed by atoms with van der Waals surface area (Å²) in [5.74, 6) is 1.86. The number of nitrogens with zero attached hydrogens (tertiary/aromatic N) is 4. The molecule has 2 heterocycles. The average Bonchev–Trinajstić information content (AvgIpc) is 2.49. The molecule has 0 saturated heterocycles. The number of likely N-dealkylation sites (N-methyl/N-ethyl adjacent to an activating group) is 1. The van der Waals surface area contributed by atoms with Crippen molar-refractivity contribution in [3.63, 3.8) is 0 Å². The number of amides is 1. The number of rotatable bonds is 0. The van der Waals surface area contributed by atoms with Gasteiger partial charge in [-0.15, -0.1) is 10.2 Å². The fourth-order valence-corrected chi connectivity index (χ4v) is 1.89. The van der Waals surface area contributed by atoms with Crippen LogP contribution < -0.4 is 0 Å². The molecule has 1 atom stereocenters. The van der Waals surface area contributed by atoms with E-state index in [1.165, 1.54) is 0 Å².